The van der Waals surface area contributed by atoms with Crippen molar-refractivity contribution in [2.24, 2.45) is 29.6 Å². The Hall–Kier alpha value is -1.11. The van der Waals surface area contributed by atoms with Gasteiger partial charge in [-0.05, 0) is 61.3 Å². The molecule has 1 nitrogen and oxygen atoms in total. The van der Waals surface area contributed by atoms with Crippen molar-refractivity contribution >= 4 is 5.78 Å². The average molecular weight is 254 g/mol. The fourth-order valence-electron chi connectivity index (χ4n) is 5.37. The molecule has 0 amide bonds. The first-order valence-corrected chi connectivity index (χ1v) is 7.86. The number of Topliss-reactive ketones (excluding diaryl/α,β-unsaturated/α-hetero) is 1. The Morgan fingerprint density at radius 2 is 1.47 bits per heavy atom. The number of benzene rings is 1. The molecule has 0 aliphatic heterocycles. The SMILES string of the molecule is O=C(Cc1ccccc1)C1C2CC3CC(C2)CC1C3. The fraction of sp³-hybridized carbons (Fsp3) is 0.611. The van der Waals surface area contributed by atoms with Gasteiger partial charge in [0.1, 0.15) is 5.78 Å². The molecule has 1 aromatic carbocycles. The second-order valence-corrected chi connectivity index (χ2v) is 7.09. The van der Waals surface area contributed by atoms with Crippen LogP contribution < -0.4 is 0 Å². The number of rotatable bonds is 3. The molecule has 0 spiro atoms. The van der Waals surface area contributed by atoms with Crippen molar-refractivity contribution in [3.8, 4) is 0 Å². The molecule has 1 aromatic rings. The molecule has 5 rings (SSSR count). The monoisotopic (exact) mass is 254 g/mol. The molecule has 0 aromatic heterocycles. The van der Waals surface area contributed by atoms with Gasteiger partial charge in [-0.2, -0.15) is 0 Å². The summed E-state index contributed by atoms with van der Waals surface area (Å²) in [6.45, 7) is 0. The van der Waals surface area contributed by atoms with Crippen LogP contribution in [0.5, 0.6) is 0 Å². The Bertz CT molecular complexity index is 448. The van der Waals surface area contributed by atoms with E-state index in [-0.39, 0.29) is 0 Å². The quantitative estimate of drug-likeness (QED) is 0.800. The maximum absolute atomic E-state index is 12.7. The zero-order chi connectivity index (χ0) is 12.8. The second kappa shape index (κ2) is 4.47. The van der Waals surface area contributed by atoms with Crippen LogP contribution >= 0.6 is 0 Å². The summed E-state index contributed by atoms with van der Waals surface area (Å²) < 4.78 is 0. The molecule has 0 unspecified atom stereocenters. The van der Waals surface area contributed by atoms with Gasteiger partial charge < -0.3 is 0 Å². The zero-order valence-electron chi connectivity index (χ0n) is 11.4. The van der Waals surface area contributed by atoms with E-state index in [0.717, 1.165) is 23.7 Å². The van der Waals surface area contributed by atoms with E-state index in [0.29, 0.717) is 18.1 Å². The van der Waals surface area contributed by atoms with E-state index in [9.17, 15) is 4.79 Å². The van der Waals surface area contributed by atoms with Crippen LogP contribution in [-0.4, -0.2) is 5.78 Å². The van der Waals surface area contributed by atoms with Crippen molar-refractivity contribution in [1.29, 1.82) is 0 Å². The van der Waals surface area contributed by atoms with Crippen LogP contribution in [0.1, 0.15) is 37.7 Å². The summed E-state index contributed by atoms with van der Waals surface area (Å²) in [5.74, 6) is 4.31. The normalized spacial score (nSPS) is 39.5. The van der Waals surface area contributed by atoms with Gasteiger partial charge in [-0.15, -0.1) is 0 Å². The minimum atomic E-state index is 0.396. The molecule has 4 aliphatic rings. The summed E-state index contributed by atoms with van der Waals surface area (Å²) in [6, 6.07) is 10.3. The number of hydrogen-bond donors (Lipinski definition) is 0. The van der Waals surface area contributed by atoms with Crippen LogP contribution in [-0.2, 0) is 11.2 Å². The van der Waals surface area contributed by atoms with E-state index in [2.05, 4.69) is 12.1 Å². The number of carbonyl (C=O) groups excluding carboxylic acids is 1. The van der Waals surface area contributed by atoms with E-state index < -0.39 is 0 Å². The standard InChI is InChI=1S/C18H22O/c19-17(11-12-4-2-1-3-5-12)18-15-7-13-6-14(9-15)10-16(18)8-13/h1-5,13-16,18H,6-11H2. The fourth-order valence-corrected chi connectivity index (χ4v) is 5.37. The van der Waals surface area contributed by atoms with E-state index >= 15 is 0 Å². The second-order valence-electron chi connectivity index (χ2n) is 7.09. The molecule has 4 fully saturated rings. The van der Waals surface area contributed by atoms with E-state index in [1.807, 2.05) is 18.2 Å². The van der Waals surface area contributed by atoms with Gasteiger partial charge in [0.2, 0.25) is 0 Å². The number of hydrogen-bond acceptors (Lipinski definition) is 1. The molecule has 4 saturated carbocycles. The van der Waals surface area contributed by atoms with Crippen molar-refractivity contribution in [2.75, 3.05) is 0 Å². The lowest BCUT2D eigenvalue weighted by Crippen LogP contribution is -2.48. The smallest absolute Gasteiger partial charge is 0.140 e. The molecule has 0 radical (unpaired) electrons. The third kappa shape index (κ3) is 2.04. The molecule has 4 bridgehead atoms. The van der Waals surface area contributed by atoms with Crippen molar-refractivity contribution in [3.05, 3.63) is 35.9 Å². The average Bonchev–Trinajstić information content (AvgIpc) is 2.38. The number of ketones is 1. The topological polar surface area (TPSA) is 17.1 Å². The first-order valence-electron chi connectivity index (χ1n) is 7.86. The molecule has 0 N–H and O–H groups in total. The highest BCUT2D eigenvalue weighted by Crippen LogP contribution is 2.56. The van der Waals surface area contributed by atoms with Gasteiger partial charge in [0.15, 0.2) is 0 Å². The molecule has 100 valence electrons. The van der Waals surface area contributed by atoms with Crippen LogP contribution in [0.3, 0.4) is 0 Å². The Labute approximate surface area is 115 Å². The summed E-state index contributed by atoms with van der Waals surface area (Å²) in [5, 5.41) is 0. The number of carbonyl (C=O) groups is 1. The summed E-state index contributed by atoms with van der Waals surface area (Å²) in [6.07, 6.45) is 7.51. The van der Waals surface area contributed by atoms with Gasteiger partial charge >= 0.3 is 0 Å². The van der Waals surface area contributed by atoms with Crippen LogP contribution in [0.25, 0.3) is 0 Å². The highest BCUT2D eigenvalue weighted by atomic mass is 16.1. The van der Waals surface area contributed by atoms with Crippen molar-refractivity contribution in [3.63, 3.8) is 0 Å². The summed E-state index contributed by atoms with van der Waals surface area (Å²) in [4.78, 5) is 12.7. The van der Waals surface area contributed by atoms with Gasteiger partial charge in [0, 0.05) is 12.3 Å². The third-order valence-electron chi connectivity index (χ3n) is 5.82. The zero-order valence-corrected chi connectivity index (χ0v) is 11.4. The summed E-state index contributed by atoms with van der Waals surface area (Å²) in [7, 11) is 0. The van der Waals surface area contributed by atoms with Gasteiger partial charge in [-0.25, -0.2) is 0 Å². The molecule has 19 heavy (non-hydrogen) atoms. The maximum atomic E-state index is 12.7. The van der Waals surface area contributed by atoms with E-state index in [1.165, 1.54) is 37.7 Å². The first kappa shape index (κ1) is 11.7. The third-order valence-corrected chi connectivity index (χ3v) is 5.82. The van der Waals surface area contributed by atoms with Crippen molar-refractivity contribution in [1.82, 2.24) is 0 Å². The first-order chi connectivity index (χ1) is 9.29. The minimum absolute atomic E-state index is 0.396. The molecular weight excluding hydrogens is 232 g/mol. The van der Waals surface area contributed by atoms with Crippen LogP contribution in [0.15, 0.2) is 30.3 Å². The highest BCUT2D eigenvalue weighted by molar-refractivity contribution is 5.84. The van der Waals surface area contributed by atoms with Crippen LogP contribution in [0.4, 0.5) is 0 Å². The van der Waals surface area contributed by atoms with Gasteiger partial charge in [0.25, 0.3) is 0 Å². The lowest BCUT2D eigenvalue weighted by atomic mass is 9.51. The van der Waals surface area contributed by atoms with Gasteiger partial charge in [-0.1, -0.05) is 30.3 Å². The largest absolute Gasteiger partial charge is 0.299 e. The van der Waals surface area contributed by atoms with E-state index in [4.69, 9.17) is 0 Å². The summed E-state index contributed by atoms with van der Waals surface area (Å²) in [5.41, 5.74) is 1.20. The summed E-state index contributed by atoms with van der Waals surface area (Å²) >= 11 is 0. The van der Waals surface area contributed by atoms with Crippen molar-refractivity contribution in [2.45, 2.75) is 38.5 Å². The van der Waals surface area contributed by atoms with Crippen molar-refractivity contribution < 1.29 is 4.79 Å². The Kier molecular flexibility index (Phi) is 2.75. The molecule has 0 atom stereocenters. The predicted molar refractivity (Wildman–Crippen MR) is 75.7 cm³/mol. The molecular formula is C18H22O. The Balaban J connectivity index is 1.51. The van der Waals surface area contributed by atoms with Gasteiger partial charge in [-0.3, -0.25) is 4.79 Å². The lowest BCUT2D eigenvalue weighted by Gasteiger charge is -2.53. The minimum Gasteiger partial charge on any atom is -0.299 e. The van der Waals surface area contributed by atoms with Crippen LogP contribution in [0, 0.1) is 29.6 Å². The molecule has 0 heterocycles. The molecule has 4 aliphatic carbocycles. The molecule has 1 heteroatoms. The Morgan fingerprint density at radius 1 is 0.895 bits per heavy atom. The Morgan fingerprint density at radius 3 is 2.05 bits per heavy atom. The lowest BCUT2D eigenvalue weighted by molar-refractivity contribution is -0.135. The predicted octanol–water partition coefficient (Wildman–Crippen LogP) is 3.87. The van der Waals surface area contributed by atoms with Crippen LogP contribution in [0.2, 0.25) is 0 Å². The van der Waals surface area contributed by atoms with E-state index in [1.54, 1.807) is 0 Å². The highest BCUT2D eigenvalue weighted by Gasteiger charge is 2.50. The van der Waals surface area contributed by atoms with Gasteiger partial charge in [0.05, 0.1) is 0 Å². The maximum Gasteiger partial charge on any atom is 0.140 e. The molecule has 0 saturated heterocycles.